The summed E-state index contributed by atoms with van der Waals surface area (Å²) in [5.74, 6) is -0.0692. The third kappa shape index (κ3) is 3.20. The highest BCUT2D eigenvalue weighted by molar-refractivity contribution is 7.89. The summed E-state index contributed by atoms with van der Waals surface area (Å²) < 4.78 is 27.1. The molecule has 2 aromatic carbocycles. The smallest absolute Gasteiger partial charge is 0.246 e. The Bertz CT molecular complexity index is 882. The van der Waals surface area contributed by atoms with Crippen LogP contribution in [0, 0.1) is 0 Å². The van der Waals surface area contributed by atoms with Gasteiger partial charge in [0.2, 0.25) is 15.9 Å². The van der Waals surface area contributed by atoms with Crippen LogP contribution in [0.3, 0.4) is 0 Å². The molecule has 5 nitrogen and oxygen atoms in total. The number of nitrogens with zero attached hydrogens (tertiary/aromatic N) is 2. The van der Waals surface area contributed by atoms with E-state index in [1.807, 2.05) is 30.3 Å². The molecule has 2 aromatic rings. The number of hydrogen-bond donors (Lipinski definition) is 0. The molecule has 6 heteroatoms. The summed E-state index contributed by atoms with van der Waals surface area (Å²) in [4.78, 5) is 13.8. The zero-order valence-electron chi connectivity index (χ0n) is 13.6. The van der Waals surface area contributed by atoms with Crippen LogP contribution in [0.1, 0.15) is 6.92 Å². The van der Waals surface area contributed by atoms with Gasteiger partial charge < -0.3 is 4.90 Å². The van der Waals surface area contributed by atoms with Gasteiger partial charge in [-0.3, -0.25) is 4.79 Å². The Hall–Kier alpha value is -2.18. The molecular formula is C18H20N2O3S. The zero-order valence-corrected chi connectivity index (χ0v) is 14.4. The Morgan fingerprint density at radius 1 is 1.00 bits per heavy atom. The SMILES string of the molecule is C/C=C/C(=O)N1CCN(S(=O)(=O)c2ccc3ccccc3c2)CC1. The van der Waals surface area contributed by atoms with Crippen LogP contribution in [0.2, 0.25) is 0 Å². The van der Waals surface area contributed by atoms with Crippen molar-refractivity contribution in [1.82, 2.24) is 9.21 Å². The molecule has 1 amide bonds. The van der Waals surface area contributed by atoms with Crippen LogP contribution in [0.25, 0.3) is 10.8 Å². The van der Waals surface area contributed by atoms with Crippen LogP contribution in [-0.4, -0.2) is 49.7 Å². The summed E-state index contributed by atoms with van der Waals surface area (Å²) in [6, 6.07) is 12.9. The molecule has 1 fully saturated rings. The second-order valence-corrected chi connectivity index (χ2v) is 7.68. The van der Waals surface area contributed by atoms with Crippen molar-refractivity contribution in [1.29, 1.82) is 0 Å². The third-order valence-corrected chi connectivity index (χ3v) is 6.11. The van der Waals surface area contributed by atoms with Crippen molar-refractivity contribution >= 4 is 26.7 Å². The first-order chi connectivity index (χ1) is 11.5. The number of piperazine rings is 1. The molecule has 24 heavy (non-hydrogen) atoms. The molecule has 0 aromatic heterocycles. The van der Waals surface area contributed by atoms with Gasteiger partial charge >= 0.3 is 0 Å². The van der Waals surface area contributed by atoms with E-state index in [1.54, 1.807) is 30.0 Å². The molecular weight excluding hydrogens is 324 g/mol. The monoisotopic (exact) mass is 344 g/mol. The first-order valence-electron chi connectivity index (χ1n) is 7.93. The maximum absolute atomic E-state index is 12.8. The van der Waals surface area contributed by atoms with E-state index >= 15 is 0 Å². The number of benzene rings is 2. The maximum atomic E-state index is 12.8. The van der Waals surface area contributed by atoms with Gasteiger partial charge in [-0.15, -0.1) is 0 Å². The topological polar surface area (TPSA) is 57.7 Å². The minimum absolute atomic E-state index is 0.0692. The van der Waals surface area contributed by atoms with Gasteiger partial charge in [-0.1, -0.05) is 36.4 Å². The van der Waals surface area contributed by atoms with Crippen molar-refractivity contribution in [2.24, 2.45) is 0 Å². The summed E-state index contributed by atoms with van der Waals surface area (Å²) >= 11 is 0. The minimum atomic E-state index is -3.54. The second kappa shape index (κ2) is 6.75. The summed E-state index contributed by atoms with van der Waals surface area (Å²) in [7, 11) is -3.54. The van der Waals surface area contributed by atoms with E-state index in [0.717, 1.165) is 10.8 Å². The van der Waals surface area contributed by atoms with Gasteiger partial charge in [0, 0.05) is 26.2 Å². The molecule has 0 unspecified atom stereocenters. The molecule has 1 aliphatic heterocycles. The standard InChI is InChI=1S/C18H20N2O3S/c1-2-5-18(21)19-10-12-20(13-11-19)24(22,23)17-9-8-15-6-3-4-7-16(15)14-17/h2-9,14H,10-13H2,1H3/b5-2+. The zero-order chi connectivity index (χ0) is 17.2. The lowest BCUT2D eigenvalue weighted by molar-refractivity contribution is -0.127. The van der Waals surface area contributed by atoms with Crippen molar-refractivity contribution < 1.29 is 13.2 Å². The van der Waals surface area contributed by atoms with Gasteiger partial charge in [0.15, 0.2) is 0 Å². The molecule has 126 valence electrons. The molecule has 0 saturated carbocycles. The van der Waals surface area contributed by atoms with Crippen LogP contribution in [0.15, 0.2) is 59.5 Å². The van der Waals surface area contributed by atoms with Crippen LogP contribution in [-0.2, 0) is 14.8 Å². The summed E-state index contributed by atoms with van der Waals surface area (Å²) in [5, 5.41) is 1.92. The lowest BCUT2D eigenvalue weighted by atomic mass is 10.1. The normalized spacial score (nSPS) is 16.8. The number of fused-ring (bicyclic) bond motifs is 1. The molecule has 0 bridgehead atoms. The molecule has 0 atom stereocenters. The van der Waals surface area contributed by atoms with Gasteiger partial charge in [0.25, 0.3) is 0 Å². The fourth-order valence-electron chi connectivity index (χ4n) is 2.87. The lowest BCUT2D eigenvalue weighted by Gasteiger charge is -2.33. The number of carbonyl (C=O) groups is 1. The highest BCUT2D eigenvalue weighted by Crippen LogP contribution is 2.22. The third-order valence-electron chi connectivity index (χ3n) is 4.22. The van der Waals surface area contributed by atoms with Crippen LogP contribution in [0.5, 0.6) is 0 Å². The van der Waals surface area contributed by atoms with E-state index in [4.69, 9.17) is 0 Å². The Morgan fingerprint density at radius 2 is 1.67 bits per heavy atom. The molecule has 1 heterocycles. The number of hydrogen-bond acceptors (Lipinski definition) is 3. The lowest BCUT2D eigenvalue weighted by Crippen LogP contribution is -2.50. The molecule has 0 spiro atoms. The Kier molecular flexibility index (Phi) is 4.69. The Labute approximate surface area is 142 Å². The summed E-state index contributed by atoms with van der Waals surface area (Å²) in [5.41, 5.74) is 0. The van der Waals surface area contributed by atoms with Crippen LogP contribution >= 0.6 is 0 Å². The van der Waals surface area contributed by atoms with Gasteiger partial charge in [-0.2, -0.15) is 4.31 Å². The van der Waals surface area contributed by atoms with Crippen molar-refractivity contribution in [2.75, 3.05) is 26.2 Å². The van der Waals surface area contributed by atoms with E-state index in [9.17, 15) is 13.2 Å². The van der Waals surface area contributed by atoms with Gasteiger partial charge in [0.05, 0.1) is 4.90 Å². The van der Waals surface area contributed by atoms with Gasteiger partial charge in [0.1, 0.15) is 0 Å². The predicted octanol–water partition coefficient (Wildman–Crippen LogP) is 2.25. The molecule has 1 aliphatic rings. The second-order valence-electron chi connectivity index (χ2n) is 5.74. The average Bonchev–Trinajstić information content (AvgIpc) is 2.61. The number of sulfonamides is 1. The van der Waals surface area contributed by atoms with Gasteiger partial charge in [-0.05, 0) is 35.9 Å². The number of allylic oxidation sites excluding steroid dienone is 1. The predicted molar refractivity (Wildman–Crippen MR) is 94.1 cm³/mol. The van der Waals surface area contributed by atoms with E-state index < -0.39 is 10.0 Å². The molecule has 0 aliphatic carbocycles. The van der Waals surface area contributed by atoms with E-state index in [-0.39, 0.29) is 5.91 Å². The molecule has 1 saturated heterocycles. The average molecular weight is 344 g/mol. The number of carbonyl (C=O) groups excluding carboxylic acids is 1. The first-order valence-corrected chi connectivity index (χ1v) is 9.37. The molecule has 0 radical (unpaired) electrons. The fourth-order valence-corrected chi connectivity index (χ4v) is 4.33. The highest BCUT2D eigenvalue weighted by atomic mass is 32.2. The Balaban J connectivity index is 1.79. The quantitative estimate of drug-likeness (QED) is 0.803. The van der Waals surface area contributed by atoms with Crippen LogP contribution in [0.4, 0.5) is 0 Å². The van der Waals surface area contributed by atoms with Crippen molar-refractivity contribution in [3.05, 3.63) is 54.6 Å². The fraction of sp³-hybridized carbons (Fsp3) is 0.278. The number of amides is 1. The summed E-state index contributed by atoms with van der Waals surface area (Å²) in [6.07, 6.45) is 3.20. The van der Waals surface area contributed by atoms with E-state index in [1.165, 1.54) is 10.4 Å². The van der Waals surface area contributed by atoms with Crippen LogP contribution < -0.4 is 0 Å². The van der Waals surface area contributed by atoms with Crippen molar-refractivity contribution in [3.63, 3.8) is 0 Å². The molecule has 3 rings (SSSR count). The van der Waals surface area contributed by atoms with Gasteiger partial charge in [-0.25, -0.2) is 8.42 Å². The maximum Gasteiger partial charge on any atom is 0.246 e. The minimum Gasteiger partial charge on any atom is -0.337 e. The number of rotatable bonds is 3. The largest absolute Gasteiger partial charge is 0.337 e. The van der Waals surface area contributed by atoms with E-state index in [0.29, 0.717) is 31.1 Å². The Morgan fingerprint density at radius 3 is 2.33 bits per heavy atom. The molecule has 0 N–H and O–H groups in total. The van der Waals surface area contributed by atoms with Crippen molar-refractivity contribution in [3.8, 4) is 0 Å². The van der Waals surface area contributed by atoms with E-state index in [2.05, 4.69) is 0 Å². The van der Waals surface area contributed by atoms with Crippen molar-refractivity contribution in [2.45, 2.75) is 11.8 Å². The first kappa shape index (κ1) is 16.7. The summed E-state index contributed by atoms with van der Waals surface area (Å²) in [6.45, 7) is 3.25. The highest BCUT2D eigenvalue weighted by Gasteiger charge is 2.29.